The van der Waals surface area contributed by atoms with Gasteiger partial charge >= 0.3 is 0 Å². The van der Waals surface area contributed by atoms with Crippen molar-refractivity contribution < 1.29 is 4.79 Å². The van der Waals surface area contributed by atoms with Gasteiger partial charge in [-0.15, -0.1) is 24.0 Å². The van der Waals surface area contributed by atoms with Gasteiger partial charge in [-0.05, 0) is 18.8 Å². The number of nitrogens with zero attached hydrogens (tertiary/aromatic N) is 1. The number of amides is 1. The minimum Gasteiger partial charge on any atom is -0.370 e. The Bertz CT molecular complexity index is 277. The van der Waals surface area contributed by atoms with Gasteiger partial charge in [-0.2, -0.15) is 0 Å². The van der Waals surface area contributed by atoms with Crippen LogP contribution in [0.15, 0.2) is 4.99 Å². The van der Waals surface area contributed by atoms with Crippen molar-refractivity contribution in [3.05, 3.63) is 0 Å². The third-order valence-electron chi connectivity index (χ3n) is 3.00. The first kappa shape index (κ1) is 17.5. The van der Waals surface area contributed by atoms with Gasteiger partial charge in [0, 0.05) is 25.6 Å². The van der Waals surface area contributed by atoms with Crippen LogP contribution in [0, 0.1) is 11.8 Å². The van der Waals surface area contributed by atoms with E-state index in [1.807, 2.05) is 13.8 Å². The molecule has 0 radical (unpaired) electrons. The monoisotopic (exact) mass is 368 g/mol. The van der Waals surface area contributed by atoms with Crippen molar-refractivity contribution in [3.8, 4) is 0 Å². The minimum atomic E-state index is 0. The number of halogens is 1. The lowest BCUT2D eigenvalue weighted by atomic mass is 9.86. The zero-order valence-electron chi connectivity index (χ0n) is 11.2. The second-order valence-electron chi connectivity index (χ2n) is 4.90. The zero-order chi connectivity index (χ0) is 12.7. The SMILES string of the molecule is CC(C)C(=O)NCCNC(N)=NCC1CCC1.I. The maximum absolute atomic E-state index is 11.2. The predicted octanol–water partition coefficient (Wildman–Crippen LogP) is 1.08. The van der Waals surface area contributed by atoms with E-state index in [2.05, 4.69) is 15.6 Å². The van der Waals surface area contributed by atoms with Crippen molar-refractivity contribution in [2.75, 3.05) is 19.6 Å². The number of aliphatic imine (C=N–C) groups is 1. The smallest absolute Gasteiger partial charge is 0.222 e. The Labute approximate surface area is 126 Å². The Kier molecular flexibility index (Phi) is 9.13. The van der Waals surface area contributed by atoms with Crippen LogP contribution in [0.5, 0.6) is 0 Å². The number of carbonyl (C=O) groups is 1. The van der Waals surface area contributed by atoms with Crippen LogP contribution in [0.1, 0.15) is 33.1 Å². The third-order valence-corrected chi connectivity index (χ3v) is 3.00. The summed E-state index contributed by atoms with van der Waals surface area (Å²) >= 11 is 0. The molecule has 0 aromatic rings. The number of rotatable bonds is 6. The molecule has 1 aliphatic rings. The fourth-order valence-corrected chi connectivity index (χ4v) is 1.54. The molecule has 1 aliphatic carbocycles. The molecule has 106 valence electrons. The van der Waals surface area contributed by atoms with E-state index < -0.39 is 0 Å². The summed E-state index contributed by atoms with van der Waals surface area (Å²) in [5, 5.41) is 5.81. The molecule has 1 amide bonds. The number of guanidine groups is 1. The van der Waals surface area contributed by atoms with Gasteiger partial charge in [0.05, 0.1) is 0 Å². The Morgan fingerprint density at radius 1 is 1.33 bits per heavy atom. The first-order chi connectivity index (χ1) is 8.09. The van der Waals surface area contributed by atoms with Crippen LogP contribution in [0.25, 0.3) is 0 Å². The first-order valence-electron chi connectivity index (χ1n) is 6.41. The quantitative estimate of drug-likeness (QED) is 0.284. The maximum Gasteiger partial charge on any atom is 0.222 e. The summed E-state index contributed by atoms with van der Waals surface area (Å²) in [7, 11) is 0. The van der Waals surface area contributed by atoms with E-state index >= 15 is 0 Å². The van der Waals surface area contributed by atoms with Crippen LogP contribution < -0.4 is 16.4 Å². The van der Waals surface area contributed by atoms with Crippen molar-refractivity contribution in [2.24, 2.45) is 22.6 Å². The predicted molar refractivity (Wildman–Crippen MR) is 85.1 cm³/mol. The molecule has 0 aliphatic heterocycles. The molecule has 18 heavy (non-hydrogen) atoms. The van der Waals surface area contributed by atoms with E-state index in [0.29, 0.717) is 19.0 Å². The maximum atomic E-state index is 11.2. The number of nitrogens with two attached hydrogens (primary N) is 1. The standard InChI is InChI=1S/C12H24N4O.HI/c1-9(2)11(17)14-6-7-15-12(13)16-8-10-4-3-5-10;/h9-10H,3-8H2,1-2H3,(H,14,17)(H3,13,15,16);1H. The van der Waals surface area contributed by atoms with E-state index in [1.165, 1.54) is 19.3 Å². The molecule has 0 spiro atoms. The first-order valence-corrected chi connectivity index (χ1v) is 6.41. The molecule has 5 nitrogen and oxygen atoms in total. The Hall–Kier alpha value is -0.530. The largest absolute Gasteiger partial charge is 0.370 e. The van der Waals surface area contributed by atoms with E-state index in [1.54, 1.807) is 0 Å². The van der Waals surface area contributed by atoms with Crippen molar-refractivity contribution >= 4 is 35.8 Å². The molecule has 0 heterocycles. The number of hydrogen-bond donors (Lipinski definition) is 3. The summed E-state index contributed by atoms with van der Waals surface area (Å²) in [5.41, 5.74) is 5.70. The summed E-state index contributed by atoms with van der Waals surface area (Å²) in [5.74, 6) is 1.31. The average Bonchev–Trinajstić information content (AvgIpc) is 2.21. The van der Waals surface area contributed by atoms with Crippen LogP contribution >= 0.6 is 24.0 Å². The average molecular weight is 368 g/mol. The molecule has 0 aromatic carbocycles. The van der Waals surface area contributed by atoms with E-state index in [9.17, 15) is 4.79 Å². The number of carbonyl (C=O) groups excluding carboxylic acids is 1. The Balaban J connectivity index is 0.00000289. The van der Waals surface area contributed by atoms with E-state index in [0.717, 1.165) is 12.5 Å². The fraction of sp³-hybridized carbons (Fsp3) is 0.833. The van der Waals surface area contributed by atoms with Gasteiger partial charge in [0.15, 0.2) is 5.96 Å². The number of nitrogens with one attached hydrogen (secondary N) is 2. The lowest BCUT2D eigenvalue weighted by Crippen LogP contribution is -2.39. The molecule has 0 unspecified atom stereocenters. The van der Waals surface area contributed by atoms with Gasteiger partial charge in [-0.25, -0.2) is 0 Å². The summed E-state index contributed by atoms with van der Waals surface area (Å²) in [6, 6.07) is 0. The van der Waals surface area contributed by atoms with Crippen molar-refractivity contribution in [1.82, 2.24) is 10.6 Å². The molecule has 0 bridgehead atoms. The van der Waals surface area contributed by atoms with Crippen LogP contribution in [-0.4, -0.2) is 31.5 Å². The Morgan fingerprint density at radius 3 is 2.44 bits per heavy atom. The van der Waals surface area contributed by atoms with Crippen LogP contribution in [0.4, 0.5) is 0 Å². The van der Waals surface area contributed by atoms with E-state index in [-0.39, 0.29) is 35.8 Å². The van der Waals surface area contributed by atoms with Crippen LogP contribution in [0.3, 0.4) is 0 Å². The molecule has 1 rings (SSSR count). The molecule has 0 saturated heterocycles. The topological polar surface area (TPSA) is 79.5 Å². The second-order valence-corrected chi connectivity index (χ2v) is 4.90. The fourth-order valence-electron chi connectivity index (χ4n) is 1.54. The lowest BCUT2D eigenvalue weighted by Gasteiger charge is -2.23. The number of hydrogen-bond acceptors (Lipinski definition) is 2. The van der Waals surface area contributed by atoms with Crippen molar-refractivity contribution in [3.63, 3.8) is 0 Å². The molecular formula is C12H25IN4O. The summed E-state index contributed by atoms with van der Waals surface area (Å²) in [6.07, 6.45) is 3.89. The van der Waals surface area contributed by atoms with Crippen molar-refractivity contribution in [2.45, 2.75) is 33.1 Å². The normalized spacial score (nSPS) is 15.8. The van der Waals surface area contributed by atoms with Crippen LogP contribution in [-0.2, 0) is 4.79 Å². The van der Waals surface area contributed by atoms with Gasteiger partial charge in [0.1, 0.15) is 0 Å². The summed E-state index contributed by atoms with van der Waals surface area (Å²) in [4.78, 5) is 15.5. The molecule has 0 atom stereocenters. The molecule has 6 heteroatoms. The highest BCUT2D eigenvalue weighted by Crippen LogP contribution is 2.26. The van der Waals surface area contributed by atoms with E-state index in [4.69, 9.17) is 5.73 Å². The van der Waals surface area contributed by atoms with Gasteiger partial charge in [0.2, 0.25) is 5.91 Å². The Morgan fingerprint density at radius 2 is 1.94 bits per heavy atom. The van der Waals surface area contributed by atoms with Gasteiger partial charge in [0.25, 0.3) is 0 Å². The molecule has 1 saturated carbocycles. The lowest BCUT2D eigenvalue weighted by molar-refractivity contribution is -0.123. The van der Waals surface area contributed by atoms with Gasteiger partial charge < -0.3 is 16.4 Å². The summed E-state index contributed by atoms with van der Waals surface area (Å²) in [6.45, 7) is 5.78. The van der Waals surface area contributed by atoms with Gasteiger partial charge in [-0.3, -0.25) is 9.79 Å². The molecular weight excluding hydrogens is 343 g/mol. The van der Waals surface area contributed by atoms with Crippen LogP contribution in [0.2, 0.25) is 0 Å². The molecule has 4 N–H and O–H groups in total. The minimum absolute atomic E-state index is 0. The van der Waals surface area contributed by atoms with Crippen molar-refractivity contribution in [1.29, 1.82) is 0 Å². The third kappa shape index (κ3) is 7.03. The molecule has 1 fully saturated rings. The molecule has 0 aromatic heterocycles. The highest BCUT2D eigenvalue weighted by molar-refractivity contribution is 14.0. The highest BCUT2D eigenvalue weighted by atomic mass is 127. The van der Waals surface area contributed by atoms with Gasteiger partial charge in [-0.1, -0.05) is 20.3 Å². The summed E-state index contributed by atoms with van der Waals surface area (Å²) < 4.78 is 0. The second kappa shape index (κ2) is 9.41. The highest BCUT2D eigenvalue weighted by Gasteiger charge is 2.16. The zero-order valence-corrected chi connectivity index (χ0v) is 13.6.